The third kappa shape index (κ3) is 3.07. The van der Waals surface area contributed by atoms with Crippen LogP contribution < -0.4 is 5.32 Å². The number of carboxylic acid groups (broad SMARTS) is 1. The van der Waals surface area contributed by atoms with Crippen molar-refractivity contribution in [2.24, 2.45) is 5.92 Å². The second-order valence-corrected chi connectivity index (χ2v) is 5.28. The monoisotopic (exact) mass is 268 g/mol. The van der Waals surface area contributed by atoms with Crippen LogP contribution in [0.1, 0.15) is 42.6 Å². The molecule has 18 heavy (non-hydrogen) atoms. The zero-order valence-electron chi connectivity index (χ0n) is 9.96. The lowest BCUT2D eigenvalue weighted by Gasteiger charge is -2.27. The summed E-state index contributed by atoms with van der Waals surface area (Å²) in [4.78, 5) is 27.0. The van der Waals surface area contributed by atoms with Crippen LogP contribution in [0.25, 0.3) is 0 Å². The molecule has 1 aliphatic carbocycles. The predicted molar refractivity (Wildman–Crippen MR) is 67.6 cm³/mol. The van der Waals surface area contributed by atoms with Gasteiger partial charge < -0.3 is 10.4 Å². The summed E-state index contributed by atoms with van der Waals surface area (Å²) < 4.78 is 0. The number of carbonyl (C=O) groups excluding carboxylic acids is 1. The van der Waals surface area contributed by atoms with E-state index in [0.29, 0.717) is 5.69 Å². The minimum atomic E-state index is -0.953. The maximum Gasteiger partial charge on any atom is 0.326 e. The minimum Gasteiger partial charge on any atom is -0.480 e. The highest BCUT2D eigenvalue weighted by Gasteiger charge is 2.31. The molecule has 5 nitrogen and oxygen atoms in total. The van der Waals surface area contributed by atoms with Gasteiger partial charge in [-0.1, -0.05) is 19.3 Å². The Morgan fingerprint density at radius 1 is 1.39 bits per heavy atom. The van der Waals surface area contributed by atoms with Gasteiger partial charge in [-0.15, -0.1) is 11.3 Å². The summed E-state index contributed by atoms with van der Waals surface area (Å²) in [7, 11) is 0. The molecule has 0 bridgehead atoms. The quantitative estimate of drug-likeness (QED) is 0.874. The van der Waals surface area contributed by atoms with Gasteiger partial charge >= 0.3 is 5.97 Å². The summed E-state index contributed by atoms with van der Waals surface area (Å²) in [5.74, 6) is -1.31. The molecular weight excluding hydrogens is 252 g/mol. The molecule has 1 saturated carbocycles. The van der Waals surface area contributed by atoms with Crippen molar-refractivity contribution in [1.29, 1.82) is 0 Å². The Kier molecular flexibility index (Phi) is 4.30. The molecule has 1 unspecified atom stereocenters. The fourth-order valence-corrected chi connectivity index (χ4v) is 2.92. The molecule has 0 spiro atoms. The van der Waals surface area contributed by atoms with Crippen LogP contribution >= 0.6 is 11.3 Å². The molecule has 0 radical (unpaired) electrons. The molecule has 6 heteroatoms. The molecule has 0 saturated heterocycles. The van der Waals surface area contributed by atoms with Crippen LogP contribution in [0.15, 0.2) is 10.9 Å². The lowest BCUT2D eigenvalue weighted by molar-refractivity contribution is -0.141. The van der Waals surface area contributed by atoms with Crippen molar-refractivity contribution in [3.8, 4) is 0 Å². The Balaban J connectivity index is 2.02. The van der Waals surface area contributed by atoms with E-state index in [2.05, 4.69) is 10.3 Å². The number of thiazole rings is 1. The van der Waals surface area contributed by atoms with Crippen LogP contribution in [0.4, 0.5) is 0 Å². The Bertz CT molecular complexity index is 413. The Labute approximate surface area is 109 Å². The molecule has 98 valence electrons. The van der Waals surface area contributed by atoms with Crippen molar-refractivity contribution >= 4 is 23.2 Å². The fourth-order valence-electron chi connectivity index (χ4n) is 2.39. The summed E-state index contributed by atoms with van der Waals surface area (Å²) in [6.07, 6.45) is 4.98. The zero-order valence-corrected chi connectivity index (χ0v) is 10.8. The van der Waals surface area contributed by atoms with Crippen LogP contribution in [0, 0.1) is 5.92 Å². The highest BCUT2D eigenvalue weighted by atomic mass is 32.1. The van der Waals surface area contributed by atoms with Gasteiger partial charge in [0.2, 0.25) is 0 Å². The standard InChI is InChI=1S/C12H16N2O3S/c15-11(9-6-18-7-13-9)14-10(12(16)17)8-4-2-1-3-5-8/h6-8,10H,1-5H2,(H,14,15)(H,16,17). The van der Waals surface area contributed by atoms with Gasteiger partial charge in [0.05, 0.1) is 5.51 Å². The van der Waals surface area contributed by atoms with Gasteiger partial charge in [-0.25, -0.2) is 9.78 Å². The highest BCUT2D eigenvalue weighted by molar-refractivity contribution is 7.07. The number of aliphatic carboxylic acids is 1. The van der Waals surface area contributed by atoms with E-state index < -0.39 is 17.9 Å². The van der Waals surface area contributed by atoms with E-state index in [1.54, 1.807) is 10.9 Å². The van der Waals surface area contributed by atoms with E-state index in [1.807, 2.05) is 0 Å². The van der Waals surface area contributed by atoms with Crippen molar-refractivity contribution in [1.82, 2.24) is 10.3 Å². The Morgan fingerprint density at radius 2 is 2.11 bits per heavy atom. The van der Waals surface area contributed by atoms with Crippen molar-refractivity contribution in [3.63, 3.8) is 0 Å². The zero-order chi connectivity index (χ0) is 13.0. The van der Waals surface area contributed by atoms with Gasteiger partial charge in [-0.2, -0.15) is 0 Å². The predicted octanol–water partition coefficient (Wildman–Crippen LogP) is 1.91. The first-order valence-electron chi connectivity index (χ1n) is 6.10. The maximum absolute atomic E-state index is 11.8. The van der Waals surface area contributed by atoms with Crippen LogP contribution in [0.3, 0.4) is 0 Å². The lowest BCUT2D eigenvalue weighted by Crippen LogP contribution is -2.46. The van der Waals surface area contributed by atoms with Crippen LogP contribution in [0.2, 0.25) is 0 Å². The molecule has 1 aromatic rings. The van der Waals surface area contributed by atoms with E-state index in [9.17, 15) is 14.7 Å². The molecule has 1 amide bonds. The van der Waals surface area contributed by atoms with Crippen molar-refractivity contribution in [2.45, 2.75) is 38.1 Å². The molecule has 1 heterocycles. The summed E-state index contributed by atoms with van der Waals surface area (Å²) >= 11 is 1.32. The van der Waals surface area contributed by atoms with E-state index in [0.717, 1.165) is 32.1 Å². The highest BCUT2D eigenvalue weighted by Crippen LogP contribution is 2.26. The summed E-state index contributed by atoms with van der Waals surface area (Å²) in [6.45, 7) is 0. The van der Waals surface area contributed by atoms with Gasteiger partial charge in [0.25, 0.3) is 5.91 Å². The lowest BCUT2D eigenvalue weighted by atomic mass is 9.84. The van der Waals surface area contributed by atoms with E-state index in [-0.39, 0.29) is 5.92 Å². The van der Waals surface area contributed by atoms with Crippen LogP contribution in [-0.2, 0) is 4.79 Å². The average molecular weight is 268 g/mol. The minimum absolute atomic E-state index is 0.0406. The number of carbonyl (C=O) groups is 2. The van der Waals surface area contributed by atoms with E-state index >= 15 is 0 Å². The summed E-state index contributed by atoms with van der Waals surface area (Å²) in [5, 5.41) is 13.5. The second-order valence-electron chi connectivity index (χ2n) is 4.56. The SMILES string of the molecule is O=C(NC(C(=O)O)C1CCCCC1)c1cscn1. The van der Waals surface area contributed by atoms with Gasteiger partial charge in [0.15, 0.2) is 0 Å². The largest absolute Gasteiger partial charge is 0.480 e. The third-order valence-electron chi connectivity index (χ3n) is 3.34. The topological polar surface area (TPSA) is 79.3 Å². The Hall–Kier alpha value is -1.43. The molecule has 0 aliphatic heterocycles. The van der Waals surface area contributed by atoms with Gasteiger partial charge in [0.1, 0.15) is 11.7 Å². The first kappa shape index (κ1) is 13.0. The third-order valence-corrected chi connectivity index (χ3v) is 3.93. The molecule has 1 aromatic heterocycles. The summed E-state index contributed by atoms with van der Waals surface area (Å²) in [6, 6.07) is -0.792. The Morgan fingerprint density at radius 3 is 2.67 bits per heavy atom. The first-order chi connectivity index (χ1) is 8.68. The number of nitrogens with one attached hydrogen (secondary N) is 1. The van der Waals surface area contributed by atoms with Crippen molar-refractivity contribution < 1.29 is 14.7 Å². The van der Waals surface area contributed by atoms with Crippen molar-refractivity contribution in [2.75, 3.05) is 0 Å². The van der Waals surface area contributed by atoms with Crippen molar-refractivity contribution in [3.05, 3.63) is 16.6 Å². The summed E-state index contributed by atoms with van der Waals surface area (Å²) in [5.41, 5.74) is 1.85. The van der Waals surface area contributed by atoms with E-state index in [1.165, 1.54) is 11.3 Å². The number of carboxylic acids is 1. The fraction of sp³-hybridized carbons (Fsp3) is 0.583. The molecular formula is C12H16N2O3S. The first-order valence-corrected chi connectivity index (χ1v) is 7.04. The number of amides is 1. The van der Waals surface area contributed by atoms with Gasteiger partial charge in [-0.05, 0) is 18.8 Å². The van der Waals surface area contributed by atoms with Gasteiger partial charge in [-0.3, -0.25) is 4.79 Å². The molecule has 1 fully saturated rings. The number of hydrogen-bond donors (Lipinski definition) is 2. The number of aromatic nitrogens is 1. The van der Waals surface area contributed by atoms with Crippen LogP contribution in [0.5, 0.6) is 0 Å². The number of nitrogens with zero attached hydrogens (tertiary/aromatic N) is 1. The number of hydrogen-bond acceptors (Lipinski definition) is 4. The van der Waals surface area contributed by atoms with E-state index in [4.69, 9.17) is 0 Å². The molecule has 1 aliphatic rings. The van der Waals surface area contributed by atoms with Gasteiger partial charge in [0, 0.05) is 5.38 Å². The molecule has 2 rings (SSSR count). The average Bonchev–Trinajstić information content (AvgIpc) is 2.90. The smallest absolute Gasteiger partial charge is 0.326 e. The normalized spacial score (nSPS) is 18.2. The molecule has 2 N–H and O–H groups in total. The number of rotatable bonds is 4. The maximum atomic E-state index is 11.8. The van der Waals surface area contributed by atoms with Crippen LogP contribution in [-0.4, -0.2) is 28.0 Å². The second kappa shape index (κ2) is 5.95. The molecule has 0 aromatic carbocycles. The molecule has 1 atom stereocenters.